The minimum Gasteiger partial charge on any atom is -0.382 e. The highest BCUT2D eigenvalue weighted by Gasteiger charge is 2.14. The van der Waals surface area contributed by atoms with Crippen molar-refractivity contribution in [3.63, 3.8) is 0 Å². The van der Waals surface area contributed by atoms with Crippen LogP contribution in [0.25, 0.3) is 0 Å². The lowest BCUT2D eigenvalue weighted by molar-refractivity contribution is 0.510. The van der Waals surface area contributed by atoms with Crippen LogP contribution in [0.4, 0.5) is 11.4 Å². The molecule has 2 aromatic carbocycles. The van der Waals surface area contributed by atoms with Crippen LogP contribution in [0.1, 0.15) is 13.8 Å². The van der Waals surface area contributed by atoms with Gasteiger partial charge in [-0.1, -0.05) is 43.3 Å². The van der Waals surface area contributed by atoms with E-state index in [0.717, 1.165) is 6.54 Å². The molecule has 2 atom stereocenters. The topological polar surface area (TPSA) is 15.3 Å². The summed E-state index contributed by atoms with van der Waals surface area (Å²) in [6.45, 7) is 5.57. The zero-order valence-electron chi connectivity index (χ0n) is 12.6. The third-order valence-corrected chi connectivity index (χ3v) is 3.78. The first-order valence-corrected chi connectivity index (χ1v) is 7.24. The first kappa shape index (κ1) is 14.4. The van der Waals surface area contributed by atoms with Gasteiger partial charge in [-0.2, -0.15) is 0 Å². The van der Waals surface area contributed by atoms with Crippen molar-refractivity contribution in [2.24, 2.45) is 5.92 Å². The average molecular weight is 268 g/mol. The second-order valence-corrected chi connectivity index (χ2v) is 5.49. The maximum Gasteiger partial charge on any atom is 0.0363 e. The molecule has 0 saturated carbocycles. The van der Waals surface area contributed by atoms with E-state index >= 15 is 0 Å². The fraction of sp³-hybridized carbons (Fsp3) is 0.333. The van der Waals surface area contributed by atoms with Gasteiger partial charge in [0, 0.05) is 31.0 Å². The van der Waals surface area contributed by atoms with Crippen molar-refractivity contribution in [1.29, 1.82) is 0 Å². The van der Waals surface area contributed by atoms with Gasteiger partial charge in [-0.3, -0.25) is 0 Å². The van der Waals surface area contributed by atoms with Crippen LogP contribution in [0.2, 0.25) is 0 Å². The number of anilines is 2. The molecule has 0 radical (unpaired) electrons. The van der Waals surface area contributed by atoms with Gasteiger partial charge in [-0.25, -0.2) is 0 Å². The minimum absolute atomic E-state index is 0.434. The molecule has 0 spiro atoms. The lowest BCUT2D eigenvalue weighted by Gasteiger charge is -2.28. The van der Waals surface area contributed by atoms with Crippen molar-refractivity contribution in [1.82, 2.24) is 0 Å². The van der Waals surface area contributed by atoms with Gasteiger partial charge in [-0.15, -0.1) is 0 Å². The van der Waals surface area contributed by atoms with E-state index in [2.05, 4.69) is 85.7 Å². The monoisotopic (exact) mass is 268 g/mol. The summed E-state index contributed by atoms with van der Waals surface area (Å²) in [6, 6.07) is 21.4. The van der Waals surface area contributed by atoms with Crippen molar-refractivity contribution in [3.8, 4) is 0 Å². The molecule has 0 aromatic heterocycles. The molecule has 0 bridgehead atoms. The van der Waals surface area contributed by atoms with E-state index in [-0.39, 0.29) is 0 Å². The Kier molecular flexibility index (Phi) is 5.05. The second kappa shape index (κ2) is 6.99. The zero-order valence-corrected chi connectivity index (χ0v) is 12.6. The number of para-hydroxylation sites is 2. The highest BCUT2D eigenvalue weighted by atomic mass is 15.1. The predicted molar refractivity (Wildman–Crippen MR) is 88.4 cm³/mol. The first-order valence-electron chi connectivity index (χ1n) is 7.24. The highest BCUT2D eigenvalue weighted by molar-refractivity contribution is 5.46. The Bertz CT molecular complexity index is 495. The molecule has 2 heteroatoms. The average Bonchev–Trinajstić information content (AvgIpc) is 2.49. The fourth-order valence-corrected chi connectivity index (χ4v) is 2.32. The van der Waals surface area contributed by atoms with Crippen molar-refractivity contribution in [2.45, 2.75) is 19.9 Å². The lowest BCUT2D eigenvalue weighted by Crippen LogP contribution is -2.33. The quantitative estimate of drug-likeness (QED) is 0.842. The standard InChI is InChI=1S/C18H24N2/c1-15(14-20(3)18-12-8-5-9-13-18)16(2)19-17-10-6-4-7-11-17/h4-13,15-16,19H,14H2,1-3H3/t15-,16-/m1/s1. The minimum atomic E-state index is 0.434. The van der Waals surface area contributed by atoms with Gasteiger partial charge < -0.3 is 10.2 Å². The van der Waals surface area contributed by atoms with E-state index < -0.39 is 0 Å². The van der Waals surface area contributed by atoms with E-state index in [0.29, 0.717) is 12.0 Å². The number of hydrogen-bond donors (Lipinski definition) is 1. The predicted octanol–water partition coefficient (Wildman–Crippen LogP) is 4.26. The number of nitrogens with zero attached hydrogens (tertiary/aromatic N) is 1. The van der Waals surface area contributed by atoms with E-state index in [1.807, 2.05) is 6.07 Å². The molecule has 2 nitrogen and oxygen atoms in total. The van der Waals surface area contributed by atoms with Gasteiger partial charge in [0.25, 0.3) is 0 Å². The third kappa shape index (κ3) is 4.02. The van der Waals surface area contributed by atoms with E-state index in [9.17, 15) is 0 Å². The summed E-state index contributed by atoms with van der Waals surface area (Å²) in [6.07, 6.45) is 0. The molecule has 0 heterocycles. The van der Waals surface area contributed by atoms with Crippen LogP contribution in [-0.2, 0) is 0 Å². The Morgan fingerprint density at radius 1 is 0.900 bits per heavy atom. The van der Waals surface area contributed by atoms with Crippen LogP contribution in [0.15, 0.2) is 60.7 Å². The summed E-state index contributed by atoms with van der Waals surface area (Å²) in [5.74, 6) is 0.556. The Morgan fingerprint density at radius 3 is 2.05 bits per heavy atom. The molecule has 106 valence electrons. The van der Waals surface area contributed by atoms with E-state index in [4.69, 9.17) is 0 Å². The van der Waals surface area contributed by atoms with Crippen molar-refractivity contribution >= 4 is 11.4 Å². The Morgan fingerprint density at radius 2 is 1.45 bits per heavy atom. The van der Waals surface area contributed by atoms with E-state index in [1.165, 1.54) is 11.4 Å². The summed E-state index contributed by atoms with van der Waals surface area (Å²) in [4.78, 5) is 2.31. The Hall–Kier alpha value is -1.96. The summed E-state index contributed by atoms with van der Waals surface area (Å²) < 4.78 is 0. The van der Waals surface area contributed by atoms with Gasteiger partial charge in [0.1, 0.15) is 0 Å². The second-order valence-electron chi connectivity index (χ2n) is 5.49. The van der Waals surface area contributed by atoms with Crippen molar-refractivity contribution < 1.29 is 0 Å². The number of nitrogens with one attached hydrogen (secondary N) is 1. The van der Waals surface area contributed by atoms with Crippen molar-refractivity contribution in [3.05, 3.63) is 60.7 Å². The molecule has 2 aromatic rings. The number of benzene rings is 2. The summed E-state index contributed by atoms with van der Waals surface area (Å²) in [5, 5.41) is 3.57. The van der Waals surface area contributed by atoms with Crippen molar-refractivity contribution in [2.75, 3.05) is 23.8 Å². The molecule has 1 N–H and O–H groups in total. The van der Waals surface area contributed by atoms with Crippen LogP contribution in [0.5, 0.6) is 0 Å². The molecule has 0 aliphatic heterocycles. The van der Waals surface area contributed by atoms with Gasteiger partial charge in [0.2, 0.25) is 0 Å². The molecule has 0 amide bonds. The largest absolute Gasteiger partial charge is 0.382 e. The molecule has 0 aliphatic carbocycles. The zero-order chi connectivity index (χ0) is 14.4. The van der Waals surface area contributed by atoms with Crippen LogP contribution in [0, 0.1) is 5.92 Å². The smallest absolute Gasteiger partial charge is 0.0363 e. The van der Waals surface area contributed by atoms with Crippen LogP contribution < -0.4 is 10.2 Å². The number of rotatable bonds is 6. The van der Waals surface area contributed by atoms with E-state index in [1.54, 1.807) is 0 Å². The molecular weight excluding hydrogens is 244 g/mol. The van der Waals surface area contributed by atoms with Crippen LogP contribution >= 0.6 is 0 Å². The molecule has 2 rings (SSSR count). The first-order chi connectivity index (χ1) is 9.66. The number of hydrogen-bond acceptors (Lipinski definition) is 2. The summed E-state index contributed by atoms with van der Waals surface area (Å²) in [5.41, 5.74) is 2.46. The Balaban J connectivity index is 1.89. The molecular formula is C18H24N2. The summed E-state index contributed by atoms with van der Waals surface area (Å²) >= 11 is 0. The third-order valence-electron chi connectivity index (χ3n) is 3.78. The van der Waals surface area contributed by atoms with Crippen LogP contribution in [-0.4, -0.2) is 19.6 Å². The van der Waals surface area contributed by atoms with Gasteiger partial charge >= 0.3 is 0 Å². The van der Waals surface area contributed by atoms with Gasteiger partial charge in [0.15, 0.2) is 0 Å². The normalized spacial score (nSPS) is 13.6. The highest BCUT2D eigenvalue weighted by Crippen LogP contribution is 2.17. The van der Waals surface area contributed by atoms with Gasteiger partial charge in [-0.05, 0) is 37.1 Å². The maximum absolute atomic E-state index is 3.57. The van der Waals surface area contributed by atoms with Crippen LogP contribution in [0.3, 0.4) is 0 Å². The van der Waals surface area contributed by atoms with Gasteiger partial charge in [0.05, 0.1) is 0 Å². The maximum atomic E-state index is 3.57. The molecule has 0 fully saturated rings. The molecule has 0 aliphatic rings. The Labute approximate surface area is 122 Å². The summed E-state index contributed by atoms with van der Waals surface area (Å²) in [7, 11) is 2.15. The fourth-order valence-electron chi connectivity index (χ4n) is 2.32. The SMILES string of the molecule is C[C@H](CN(C)c1ccccc1)[C@@H](C)Nc1ccccc1. The molecule has 0 saturated heterocycles. The molecule has 20 heavy (non-hydrogen) atoms. The lowest BCUT2D eigenvalue weighted by atomic mass is 10.0. The molecule has 0 unspecified atom stereocenters.